The van der Waals surface area contributed by atoms with Crippen molar-refractivity contribution < 1.29 is 18.7 Å². The van der Waals surface area contributed by atoms with Crippen LogP contribution < -0.4 is 5.32 Å². The molecule has 8 heteroatoms. The normalized spacial score (nSPS) is 10.5. The summed E-state index contributed by atoms with van der Waals surface area (Å²) in [6.45, 7) is 0.339. The summed E-state index contributed by atoms with van der Waals surface area (Å²) in [7, 11) is 0. The van der Waals surface area contributed by atoms with Gasteiger partial charge in [-0.2, -0.15) is 0 Å². The number of amides is 1. The predicted octanol–water partition coefficient (Wildman–Crippen LogP) is 4.15. The number of benzene rings is 2. The highest BCUT2D eigenvalue weighted by Gasteiger charge is 2.15. The van der Waals surface area contributed by atoms with Crippen LogP contribution in [0, 0.1) is 5.82 Å². The van der Waals surface area contributed by atoms with Crippen LogP contribution in [0.25, 0.3) is 0 Å². The van der Waals surface area contributed by atoms with Crippen LogP contribution in [-0.4, -0.2) is 16.9 Å². The van der Waals surface area contributed by atoms with Gasteiger partial charge in [-0.1, -0.05) is 41.9 Å². The second-order valence-electron chi connectivity index (χ2n) is 5.87. The largest absolute Gasteiger partial charge is 0.455 e. The Bertz CT molecular complexity index is 979. The Morgan fingerprint density at radius 3 is 2.71 bits per heavy atom. The Balaban J connectivity index is 1.48. The smallest absolute Gasteiger partial charge is 0.341 e. The molecule has 1 N–H and O–H groups in total. The van der Waals surface area contributed by atoms with E-state index in [0.717, 1.165) is 11.6 Å². The van der Waals surface area contributed by atoms with Crippen molar-refractivity contribution in [1.29, 1.82) is 0 Å². The molecular weight excluding hydrogens is 403 g/mol. The predicted molar refractivity (Wildman–Crippen MR) is 105 cm³/mol. The molecule has 0 radical (unpaired) electrons. The topological polar surface area (TPSA) is 68.3 Å². The molecule has 1 heterocycles. The average molecular weight is 419 g/mol. The van der Waals surface area contributed by atoms with Crippen molar-refractivity contribution in [3.63, 3.8) is 0 Å². The van der Waals surface area contributed by atoms with Gasteiger partial charge in [0.1, 0.15) is 17.4 Å². The summed E-state index contributed by atoms with van der Waals surface area (Å²) in [6.07, 6.45) is 0.136. The van der Waals surface area contributed by atoms with Crippen molar-refractivity contribution in [2.24, 2.45) is 0 Å². The van der Waals surface area contributed by atoms with Crippen molar-refractivity contribution >= 4 is 34.8 Å². The average Bonchev–Trinajstić information content (AvgIpc) is 3.12. The third kappa shape index (κ3) is 5.61. The van der Waals surface area contributed by atoms with E-state index < -0.39 is 11.8 Å². The van der Waals surface area contributed by atoms with Crippen molar-refractivity contribution in [2.75, 3.05) is 0 Å². The Labute approximate surface area is 170 Å². The van der Waals surface area contributed by atoms with Crippen LogP contribution in [-0.2, 0) is 29.1 Å². The van der Waals surface area contributed by atoms with E-state index in [2.05, 4.69) is 10.3 Å². The molecule has 0 fully saturated rings. The second kappa shape index (κ2) is 9.43. The molecule has 5 nitrogen and oxygen atoms in total. The van der Waals surface area contributed by atoms with Crippen molar-refractivity contribution in [1.82, 2.24) is 10.3 Å². The summed E-state index contributed by atoms with van der Waals surface area (Å²) in [5, 5.41) is 5.33. The molecule has 0 unspecified atom stereocenters. The first-order chi connectivity index (χ1) is 13.5. The SMILES string of the molecule is O=C(Cc1nc(COC(=O)c2ccc(Cl)cc2F)cs1)NCc1ccccc1. The number of thiazole rings is 1. The van der Waals surface area contributed by atoms with Gasteiger partial charge in [0.25, 0.3) is 0 Å². The molecule has 0 atom stereocenters. The molecular formula is C20H16ClFN2O3S. The van der Waals surface area contributed by atoms with E-state index >= 15 is 0 Å². The van der Waals surface area contributed by atoms with Gasteiger partial charge in [-0.05, 0) is 23.8 Å². The summed E-state index contributed by atoms with van der Waals surface area (Å²) < 4.78 is 18.8. The van der Waals surface area contributed by atoms with Gasteiger partial charge in [-0.15, -0.1) is 11.3 Å². The van der Waals surface area contributed by atoms with Crippen LogP contribution in [0.4, 0.5) is 4.39 Å². The number of carbonyl (C=O) groups is 2. The van der Waals surface area contributed by atoms with Crippen LogP contribution in [0.15, 0.2) is 53.9 Å². The lowest BCUT2D eigenvalue weighted by atomic mass is 10.2. The molecule has 144 valence electrons. The molecule has 0 saturated carbocycles. The lowest BCUT2D eigenvalue weighted by Gasteiger charge is -2.05. The first-order valence-corrected chi connectivity index (χ1v) is 9.63. The lowest BCUT2D eigenvalue weighted by Crippen LogP contribution is -2.24. The van der Waals surface area contributed by atoms with E-state index in [-0.39, 0.29) is 29.5 Å². The zero-order valence-corrected chi connectivity index (χ0v) is 16.2. The molecule has 0 aliphatic carbocycles. The molecule has 1 aromatic heterocycles. The van der Waals surface area contributed by atoms with E-state index in [0.29, 0.717) is 17.2 Å². The van der Waals surface area contributed by atoms with Gasteiger partial charge < -0.3 is 10.1 Å². The summed E-state index contributed by atoms with van der Waals surface area (Å²) >= 11 is 6.96. The lowest BCUT2D eigenvalue weighted by molar-refractivity contribution is -0.120. The Hall–Kier alpha value is -2.77. The molecule has 0 saturated heterocycles. The van der Waals surface area contributed by atoms with Gasteiger partial charge in [0, 0.05) is 16.9 Å². The summed E-state index contributed by atoms with van der Waals surface area (Å²) in [6, 6.07) is 13.3. The quantitative estimate of drug-likeness (QED) is 0.585. The monoisotopic (exact) mass is 418 g/mol. The number of rotatable bonds is 7. The van der Waals surface area contributed by atoms with Crippen LogP contribution in [0.5, 0.6) is 0 Å². The first-order valence-electron chi connectivity index (χ1n) is 8.37. The van der Waals surface area contributed by atoms with Gasteiger partial charge in [0.2, 0.25) is 5.91 Å². The Morgan fingerprint density at radius 2 is 1.96 bits per heavy atom. The number of carbonyl (C=O) groups excluding carboxylic acids is 2. The minimum atomic E-state index is -0.802. The zero-order chi connectivity index (χ0) is 19.9. The highest BCUT2D eigenvalue weighted by molar-refractivity contribution is 7.09. The van der Waals surface area contributed by atoms with Crippen molar-refractivity contribution in [3.8, 4) is 0 Å². The van der Waals surface area contributed by atoms with Gasteiger partial charge in [-0.3, -0.25) is 4.79 Å². The third-order valence-electron chi connectivity index (χ3n) is 3.75. The highest BCUT2D eigenvalue weighted by Crippen LogP contribution is 2.17. The number of halogens is 2. The molecule has 0 aliphatic heterocycles. The van der Waals surface area contributed by atoms with Crippen LogP contribution in [0.1, 0.15) is 26.6 Å². The maximum atomic E-state index is 13.7. The van der Waals surface area contributed by atoms with E-state index in [9.17, 15) is 14.0 Å². The number of esters is 1. The van der Waals surface area contributed by atoms with Gasteiger partial charge in [0.15, 0.2) is 0 Å². The Morgan fingerprint density at radius 1 is 1.18 bits per heavy atom. The zero-order valence-electron chi connectivity index (χ0n) is 14.7. The second-order valence-corrected chi connectivity index (χ2v) is 7.25. The molecule has 2 aromatic carbocycles. The van der Waals surface area contributed by atoms with E-state index in [1.54, 1.807) is 5.38 Å². The Kier molecular flexibility index (Phi) is 6.73. The molecule has 1 amide bonds. The number of nitrogens with zero attached hydrogens (tertiary/aromatic N) is 1. The van der Waals surface area contributed by atoms with Crippen molar-refractivity contribution in [2.45, 2.75) is 19.6 Å². The van der Waals surface area contributed by atoms with Crippen LogP contribution in [0.2, 0.25) is 5.02 Å². The summed E-state index contributed by atoms with van der Waals surface area (Å²) in [4.78, 5) is 28.3. The minimum absolute atomic E-state index is 0.108. The number of hydrogen-bond donors (Lipinski definition) is 1. The molecule has 0 bridgehead atoms. The van der Waals surface area contributed by atoms with Crippen LogP contribution >= 0.6 is 22.9 Å². The maximum Gasteiger partial charge on any atom is 0.341 e. The molecule has 3 aromatic rings. The minimum Gasteiger partial charge on any atom is -0.455 e. The standard InChI is InChI=1S/C20H16ClFN2O3S/c21-14-6-7-16(17(22)8-14)20(26)27-11-15-12-28-19(24-15)9-18(25)23-10-13-4-2-1-3-5-13/h1-8,12H,9-11H2,(H,23,25). The van der Waals surface area contributed by atoms with Gasteiger partial charge in [-0.25, -0.2) is 14.2 Å². The van der Waals surface area contributed by atoms with E-state index in [1.807, 2.05) is 30.3 Å². The molecule has 3 rings (SSSR count). The first kappa shape index (κ1) is 20.0. The van der Waals surface area contributed by atoms with Crippen molar-refractivity contribution in [3.05, 3.63) is 86.6 Å². The third-order valence-corrected chi connectivity index (χ3v) is 4.88. The number of nitrogens with one attached hydrogen (secondary N) is 1. The number of ether oxygens (including phenoxy) is 1. The number of hydrogen-bond acceptors (Lipinski definition) is 5. The fourth-order valence-electron chi connectivity index (χ4n) is 2.37. The van der Waals surface area contributed by atoms with E-state index in [4.69, 9.17) is 16.3 Å². The highest BCUT2D eigenvalue weighted by atomic mass is 35.5. The summed E-state index contributed by atoms with van der Waals surface area (Å²) in [5.74, 6) is -1.69. The van der Waals surface area contributed by atoms with Gasteiger partial charge >= 0.3 is 5.97 Å². The fraction of sp³-hybridized carbons (Fsp3) is 0.150. The van der Waals surface area contributed by atoms with E-state index in [1.165, 1.54) is 23.5 Å². The summed E-state index contributed by atoms with van der Waals surface area (Å²) in [5.41, 5.74) is 1.32. The van der Waals surface area contributed by atoms with Crippen LogP contribution in [0.3, 0.4) is 0 Å². The molecule has 0 spiro atoms. The fourth-order valence-corrected chi connectivity index (χ4v) is 3.30. The maximum absolute atomic E-state index is 13.7. The molecule has 0 aliphatic rings. The van der Waals surface area contributed by atoms with Gasteiger partial charge in [0.05, 0.1) is 17.7 Å². The molecule has 28 heavy (non-hydrogen) atoms. The number of aromatic nitrogens is 1.